The molecule has 4 heteroatoms. The molecule has 4 nitrogen and oxygen atoms in total. The summed E-state index contributed by atoms with van der Waals surface area (Å²) in [5.74, 6) is 0. The molecule has 1 aromatic heterocycles. The Morgan fingerprint density at radius 2 is 1.86 bits per heavy atom. The van der Waals surface area contributed by atoms with E-state index >= 15 is 0 Å². The molecule has 0 aliphatic carbocycles. The zero-order valence-electron chi connectivity index (χ0n) is 14.1. The lowest BCUT2D eigenvalue weighted by Gasteiger charge is -2.21. The van der Waals surface area contributed by atoms with Crippen LogP contribution in [0.4, 0.5) is 0 Å². The Balaban J connectivity index is 1.95. The van der Waals surface area contributed by atoms with Crippen molar-refractivity contribution in [3.05, 3.63) is 52.8 Å². The summed E-state index contributed by atoms with van der Waals surface area (Å²) >= 11 is 0. The van der Waals surface area contributed by atoms with E-state index < -0.39 is 6.10 Å². The van der Waals surface area contributed by atoms with Gasteiger partial charge in [-0.15, -0.1) is 0 Å². The maximum Gasteiger partial charge on any atom is 0.0914 e. The summed E-state index contributed by atoms with van der Waals surface area (Å²) in [6.45, 7) is 11.2. The number of nitrogens with zero attached hydrogens (tertiary/aromatic N) is 1. The summed E-state index contributed by atoms with van der Waals surface area (Å²) in [7, 11) is 0. The maximum atomic E-state index is 10.3. The molecule has 0 bridgehead atoms. The molecular formula is C18H27N3O. The number of aryl methyl sites for hydroxylation is 1. The largest absolute Gasteiger partial charge is 0.387 e. The molecule has 0 radical (unpaired) electrons. The zero-order chi connectivity index (χ0) is 16.3. The molecule has 22 heavy (non-hydrogen) atoms. The van der Waals surface area contributed by atoms with Crippen LogP contribution < -0.4 is 5.32 Å². The lowest BCUT2D eigenvalue weighted by atomic mass is 9.86. The molecule has 3 N–H and O–H groups in total. The number of hydrogen-bond acceptors (Lipinski definition) is 3. The van der Waals surface area contributed by atoms with Crippen LogP contribution in [0.25, 0.3) is 0 Å². The van der Waals surface area contributed by atoms with Crippen LogP contribution in [0.2, 0.25) is 0 Å². The van der Waals surface area contributed by atoms with Gasteiger partial charge in [0.1, 0.15) is 0 Å². The van der Waals surface area contributed by atoms with E-state index in [2.05, 4.69) is 55.3 Å². The van der Waals surface area contributed by atoms with E-state index in [4.69, 9.17) is 0 Å². The van der Waals surface area contributed by atoms with Gasteiger partial charge in [-0.25, -0.2) is 0 Å². The van der Waals surface area contributed by atoms with Gasteiger partial charge in [0.05, 0.1) is 12.3 Å². The highest BCUT2D eigenvalue weighted by atomic mass is 16.3. The maximum absolute atomic E-state index is 10.3. The Kier molecular flexibility index (Phi) is 5.04. The number of hydrogen-bond donors (Lipinski definition) is 3. The standard InChI is InChI=1S/C18H27N3O/c1-12(16-10-20-21-13(16)2)19-11-17(22)14-6-8-15(9-7-14)18(3,4)5/h6-10,12,17,19,22H,11H2,1-5H3,(H,20,21). The van der Waals surface area contributed by atoms with E-state index in [1.807, 2.05) is 25.3 Å². The van der Waals surface area contributed by atoms with Crippen molar-refractivity contribution < 1.29 is 5.11 Å². The first kappa shape index (κ1) is 16.7. The first-order valence-corrected chi connectivity index (χ1v) is 7.81. The number of nitrogens with one attached hydrogen (secondary N) is 2. The lowest BCUT2D eigenvalue weighted by Crippen LogP contribution is -2.25. The number of benzene rings is 1. The van der Waals surface area contributed by atoms with Crippen molar-refractivity contribution in [1.29, 1.82) is 0 Å². The van der Waals surface area contributed by atoms with Crippen molar-refractivity contribution in [1.82, 2.24) is 15.5 Å². The third kappa shape index (κ3) is 3.96. The normalized spacial score (nSPS) is 14.8. The number of aromatic nitrogens is 2. The molecule has 0 saturated carbocycles. The number of aliphatic hydroxyl groups excluding tert-OH is 1. The molecule has 0 saturated heterocycles. The van der Waals surface area contributed by atoms with Crippen LogP contribution in [0.1, 0.15) is 62.2 Å². The SMILES string of the molecule is Cc1[nH]ncc1C(C)NCC(O)c1ccc(C(C)(C)C)cc1. The van der Waals surface area contributed by atoms with Crippen LogP contribution in [0.5, 0.6) is 0 Å². The Labute approximate surface area is 133 Å². The summed E-state index contributed by atoms with van der Waals surface area (Å²) in [5, 5.41) is 20.7. The molecule has 0 amide bonds. The van der Waals surface area contributed by atoms with E-state index in [0.717, 1.165) is 16.8 Å². The fourth-order valence-corrected chi connectivity index (χ4v) is 2.52. The predicted octanol–water partition coefficient (Wildman–Crippen LogP) is 3.40. The van der Waals surface area contributed by atoms with Crippen LogP contribution in [0.15, 0.2) is 30.5 Å². The van der Waals surface area contributed by atoms with Gasteiger partial charge in [0, 0.05) is 23.8 Å². The van der Waals surface area contributed by atoms with Gasteiger partial charge >= 0.3 is 0 Å². The summed E-state index contributed by atoms with van der Waals surface area (Å²) in [5.41, 5.74) is 4.55. The van der Waals surface area contributed by atoms with E-state index in [1.165, 1.54) is 5.56 Å². The first-order chi connectivity index (χ1) is 10.3. The smallest absolute Gasteiger partial charge is 0.0914 e. The minimum atomic E-state index is -0.510. The first-order valence-electron chi connectivity index (χ1n) is 7.81. The lowest BCUT2D eigenvalue weighted by molar-refractivity contribution is 0.170. The summed E-state index contributed by atoms with van der Waals surface area (Å²) < 4.78 is 0. The number of aromatic amines is 1. The highest BCUT2D eigenvalue weighted by Gasteiger charge is 2.16. The van der Waals surface area contributed by atoms with Crippen molar-refractivity contribution in [3.8, 4) is 0 Å². The van der Waals surface area contributed by atoms with Crippen LogP contribution >= 0.6 is 0 Å². The molecule has 0 aliphatic heterocycles. The zero-order valence-corrected chi connectivity index (χ0v) is 14.1. The molecule has 1 heterocycles. The molecular weight excluding hydrogens is 274 g/mol. The van der Waals surface area contributed by atoms with Crippen LogP contribution in [-0.2, 0) is 5.41 Å². The molecule has 2 atom stereocenters. The van der Waals surface area contributed by atoms with Gasteiger partial charge in [-0.2, -0.15) is 5.10 Å². The summed E-state index contributed by atoms with van der Waals surface area (Å²) in [4.78, 5) is 0. The van der Waals surface area contributed by atoms with Gasteiger partial charge < -0.3 is 10.4 Å². The molecule has 0 spiro atoms. The highest BCUT2D eigenvalue weighted by molar-refractivity contribution is 5.29. The van der Waals surface area contributed by atoms with Gasteiger partial charge in [-0.1, -0.05) is 45.0 Å². The third-order valence-corrected chi connectivity index (χ3v) is 4.11. The number of rotatable bonds is 5. The van der Waals surface area contributed by atoms with Gasteiger partial charge in [-0.05, 0) is 30.4 Å². The quantitative estimate of drug-likeness (QED) is 0.793. The Morgan fingerprint density at radius 3 is 2.36 bits per heavy atom. The molecule has 0 fully saturated rings. The minimum Gasteiger partial charge on any atom is -0.387 e. The van der Waals surface area contributed by atoms with Gasteiger partial charge in [0.15, 0.2) is 0 Å². The van der Waals surface area contributed by atoms with E-state index in [-0.39, 0.29) is 11.5 Å². The minimum absolute atomic E-state index is 0.134. The van der Waals surface area contributed by atoms with Gasteiger partial charge in [0.2, 0.25) is 0 Å². The topological polar surface area (TPSA) is 60.9 Å². The number of H-pyrrole nitrogens is 1. The van der Waals surface area contributed by atoms with E-state index in [0.29, 0.717) is 6.54 Å². The third-order valence-electron chi connectivity index (χ3n) is 4.11. The van der Waals surface area contributed by atoms with Crippen molar-refractivity contribution >= 4 is 0 Å². The van der Waals surface area contributed by atoms with Crippen molar-refractivity contribution in [2.45, 2.75) is 52.2 Å². The van der Waals surface area contributed by atoms with Gasteiger partial charge in [0.25, 0.3) is 0 Å². The Bertz CT molecular complexity index is 596. The van der Waals surface area contributed by atoms with E-state index in [1.54, 1.807) is 0 Å². The Hall–Kier alpha value is -1.65. The Morgan fingerprint density at radius 1 is 1.23 bits per heavy atom. The van der Waals surface area contributed by atoms with Gasteiger partial charge in [-0.3, -0.25) is 5.10 Å². The average Bonchev–Trinajstić information content (AvgIpc) is 2.90. The monoisotopic (exact) mass is 301 g/mol. The summed E-state index contributed by atoms with van der Waals surface area (Å²) in [6, 6.07) is 8.38. The van der Waals surface area contributed by atoms with Crippen LogP contribution in [-0.4, -0.2) is 21.8 Å². The number of aliphatic hydroxyl groups is 1. The fraction of sp³-hybridized carbons (Fsp3) is 0.500. The highest BCUT2D eigenvalue weighted by Crippen LogP contribution is 2.24. The van der Waals surface area contributed by atoms with Crippen molar-refractivity contribution in [3.63, 3.8) is 0 Å². The molecule has 0 aliphatic rings. The molecule has 2 rings (SSSR count). The summed E-state index contributed by atoms with van der Waals surface area (Å²) in [6.07, 6.45) is 1.32. The molecule has 120 valence electrons. The van der Waals surface area contributed by atoms with Crippen molar-refractivity contribution in [2.75, 3.05) is 6.54 Å². The van der Waals surface area contributed by atoms with Crippen LogP contribution in [0, 0.1) is 6.92 Å². The van der Waals surface area contributed by atoms with E-state index in [9.17, 15) is 5.11 Å². The predicted molar refractivity (Wildman–Crippen MR) is 89.8 cm³/mol. The second kappa shape index (κ2) is 6.63. The average molecular weight is 301 g/mol. The fourth-order valence-electron chi connectivity index (χ4n) is 2.52. The molecule has 1 aromatic carbocycles. The van der Waals surface area contributed by atoms with Crippen LogP contribution in [0.3, 0.4) is 0 Å². The molecule has 2 aromatic rings. The van der Waals surface area contributed by atoms with Crippen molar-refractivity contribution in [2.24, 2.45) is 0 Å². The second-order valence-electron chi connectivity index (χ2n) is 6.97. The molecule has 2 unspecified atom stereocenters. The second-order valence-corrected chi connectivity index (χ2v) is 6.97.